The average Bonchev–Trinajstić information content (AvgIpc) is 3.08. The molecule has 2 unspecified atom stereocenters. The van der Waals surface area contributed by atoms with Crippen molar-refractivity contribution in [3.05, 3.63) is 24.0 Å². The van der Waals surface area contributed by atoms with Gasteiger partial charge in [0.1, 0.15) is 12.7 Å². The van der Waals surface area contributed by atoms with Gasteiger partial charge in [-0.25, -0.2) is 0 Å². The Hall–Kier alpha value is -2.88. The monoisotopic (exact) mass is 424 g/mol. The topological polar surface area (TPSA) is 134 Å². The standard InChI is InChI=1S/C20H28N2O8/c1-4-14(23)27-11-13-17(29-15(24)5-2)18(30-16(25)6-3)20(28-13)22-9-7-8-12(10-22)19(21)26/h7,9-10,13,17-18,20H,4-6,8,11H2,1-3H3,(H2,21,26)/t13?,17-,18-,20?/m1/s1. The molecular formula is C20H28N2O8. The van der Waals surface area contributed by atoms with Gasteiger partial charge < -0.3 is 29.6 Å². The molecule has 2 aliphatic heterocycles. The predicted molar refractivity (Wildman–Crippen MR) is 103 cm³/mol. The van der Waals surface area contributed by atoms with E-state index < -0.39 is 48.4 Å². The van der Waals surface area contributed by atoms with Gasteiger partial charge in [0, 0.05) is 37.2 Å². The second-order valence-corrected chi connectivity index (χ2v) is 6.77. The zero-order valence-electron chi connectivity index (χ0n) is 17.4. The molecule has 2 heterocycles. The van der Waals surface area contributed by atoms with Gasteiger partial charge >= 0.3 is 17.9 Å². The Bertz CT molecular complexity index is 732. The number of amides is 1. The van der Waals surface area contributed by atoms with Crippen LogP contribution in [0.4, 0.5) is 0 Å². The third-order valence-electron chi connectivity index (χ3n) is 4.63. The molecular weight excluding hydrogens is 396 g/mol. The van der Waals surface area contributed by atoms with Crippen molar-refractivity contribution in [1.29, 1.82) is 0 Å². The van der Waals surface area contributed by atoms with E-state index in [2.05, 4.69) is 0 Å². The normalized spacial score (nSPS) is 25.4. The van der Waals surface area contributed by atoms with Crippen LogP contribution in [-0.2, 0) is 38.1 Å². The number of rotatable bonds is 9. The van der Waals surface area contributed by atoms with E-state index in [4.69, 9.17) is 24.7 Å². The highest BCUT2D eigenvalue weighted by molar-refractivity contribution is 5.92. The summed E-state index contributed by atoms with van der Waals surface area (Å²) in [7, 11) is 0. The number of ether oxygens (including phenoxy) is 4. The number of carbonyl (C=O) groups is 4. The van der Waals surface area contributed by atoms with Crippen LogP contribution in [0.25, 0.3) is 0 Å². The van der Waals surface area contributed by atoms with Gasteiger partial charge in [0.2, 0.25) is 5.91 Å². The first-order valence-electron chi connectivity index (χ1n) is 9.95. The van der Waals surface area contributed by atoms with Gasteiger partial charge in [-0.15, -0.1) is 0 Å². The summed E-state index contributed by atoms with van der Waals surface area (Å²) in [5, 5.41) is 0. The Morgan fingerprint density at radius 2 is 1.63 bits per heavy atom. The molecule has 0 saturated carbocycles. The summed E-state index contributed by atoms with van der Waals surface area (Å²) in [5.74, 6) is -2.07. The summed E-state index contributed by atoms with van der Waals surface area (Å²) in [6.07, 6.45) is 1.81. The van der Waals surface area contributed by atoms with E-state index >= 15 is 0 Å². The average molecular weight is 424 g/mol. The van der Waals surface area contributed by atoms with Crippen LogP contribution >= 0.6 is 0 Å². The van der Waals surface area contributed by atoms with Crippen LogP contribution < -0.4 is 5.73 Å². The number of nitrogens with zero attached hydrogens (tertiary/aromatic N) is 1. The van der Waals surface area contributed by atoms with Crippen molar-refractivity contribution in [1.82, 2.24) is 4.90 Å². The second kappa shape index (κ2) is 10.8. The van der Waals surface area contributed by atoms with Crippen LogP contribution in [0.5, 0.6) is 0 Å². The SMILES string of the molecule is CCC(=O)OCC1OC(N2C=CCC(C(N)=O)=C2)[C@H](OC(=O)CC)[C@@H]1OC(=O)CC. The van der Waals surface area contributed by atoms with E-state index in [0.29, 0.717) is 12.0 Å². The van der Waals surface area contributed by atoms with E-state index in [9.17, 15) is 19.2 Å². The minimum Gasteiger partial charge on any atom is -0.463 e. The van der Waals surface area contributed by atoms with Gasteiger partial charge in [-0.05, 0) is 6.42 Å². The van der Waals surface area contributed by atoms with Gasteiger partial charge in [0.25, 0.3) is 0 Å². The lowest BCUT2D eigenvalue weighted by molar-refractivity contribution is -0.169. The molecule has 1 amide bonds. The van der Waals surface area contributed by atoms with E-state index in [-0.39, 0.29) is 25.9 Å². The molecule has 30 heavy (non-hydrogen) atoms. The maximum Gasteiger partial charge on any atom is 0.306 e. The molecule has 2 aliphatic rings. The molecule has 0 bridgehead atoms. The number of hydrogen-bond acceptors (Lipinski definition) is 9. The summed E-state index contributed by atoms with van der Waals surface area (Å²) < 4.78 is 22.2. The molecule has 10 heteroatoms. The Balaban J connectivity index is 2.34. The van der Waals surface area contributed by atoms with Crippen molar-refractivity contribution in [3.8, 4) is 0 Å². The van der Waals surface area contributed by atoms with E-state index in [1.807, 2.05) is 0 Å². The minimum atomic E-state index is -1.01. The Morgan fingerprint density at radius 1 is 1.03 bits per heavy atom. The number of hydrogen-bond donors (Lipinski definition) is 1. The van der Waals surface area contributed by atoms with Crippen LogP contribution in [0.2, 0.25) is 0 Å². The third-order valence-corrected chi connectivity index (χ3v) is 4.63. The molecule has 1 saturated heterocycles. The molecule has 2 rings (SSSR count). The largest absolute Gasteiger partial charge is 0.463 e. The molecule has 0 aromatic heterocycles. The van der Waals surface area contributed by atoms with Crippen molar-refractivity contribution < 1.29 is 38.1 Å². The highest BCUT2D eigenvalue weighted by Crippen LogP contribution is 2.32. The zero-order chi connectivity index (χ0) is 22.3. The van der Waals surface area contributed by atoms with Crippen LogP contribution in [0.1, 0.15) is 46.5 Å². The fourth-order valence-electron chi connectivity index (χ4n) is 3.00. The molecule has 0 radical (unpaired) electrons. The first-order valence-corrected chi connectivity index (χ1v) is 9.95. The molecule has 2 N–H and O–H groups in total. The maximum absolute atomic E-state index is 12.1. The molecule has 10 nitrogen and oxygen atoms in total. The number of carbonyl (C=O) groups excluding carboxylic acids is 4. The summed E-state index contributed by atoms with van der Waals surface area (Å²) in [6.45, 7) is 4.72. The lowest BCUT2D eigenvalue weighted by Gasteiger charge is -2.30. The first-order chi connectivity index (χ1) is 14.3. The van der Waals surface area contributed by atoms with Gasteiger partial charge in [0.05, 0.1) is 0 Å². The molecule has 4 atom stereocenters. The predicted octanol–water partition coefficient (Wildman–Crippen LogP) is 0.897. The van der Waals surface area contributed by atoms with E-state index in [1.165, 1.54) is 11.1 Å². The molecule has 166 valence electrons. The number of allylic oxidation sites excluding steroid dienone is 1. The van der Waals surface area contributed by atoms with Crippen LogP contribution in [-0.4, -0.2) is 59.9 Å². The lowest BCUT2D eigenvalue weighted by Crippen LogP contribution is -2.45. The van der Waals surface area contributed by atoms with Gasteiger partial charge in [0.15, 0.2) is 18.4 Å². The first kappa shape index (κ1) is 23.4. The fourth-order valence-corrected chi connectivity index (χ4v) is 3.00. The second-order valence-electron chi connectivity index (χ2n) is 6.77. The van der Waals surface area contributed by atoms with Gasteiger partial charge in [-0.2, -0.15) is 0 Å². The number of esters is 3. The Kier molecular flexibility index (Phi) is 8.40. The summed E-state index contributed by atoms with van der Waals surface area (Å²) in [4.78, 5) is 48.8. The molecule has 0 aromatic rings. The quantitative estimate of drug-likeness (QED) is 0.423. The van der Waals surface area contributed by atoms with Gasteiger partial charge in [-0.3, -0.25) is 19.2 Å². The zero-order valence-corrected chi connectivity index (χ0v) is 17.4. The van der Waals surface area contributed by atoms with E-state index in [0.717, 1.165) is 0 Å². The van der Waals surface area contributed by atoms with Crippen LogP contribution in [0, 0.1) is 0 Å². The maximum atomic E-state index is 12.1. The number of nitrogens with two attached hydrogens (primary N) is 1. The summed E-state index contributed by atoms with van der Waals surface area (Å²) in [5.41, 5.74) is 5.72. The van der Waals surface area contributed by atoms with Crippen molar-refractivity contribution >= 4 is 23.8 Å². The van der Waals surface area contributed by atoms with Crippen molar-refractivity contribution in [2.24, 2.45) is 5.73 Å². The van der Waals surface area contributed by atoms with Crippen molar-refractivity contribution in [3.63, 3.8) is 0 Å². The highest BCUT2D eigenvalue weighted by Gasteiger charge is 2.51. The smallest absolute Gasteiger partial charge is 0.306 e. The molecule has 0 spiro atoms. The number of primary amides is 1. The van der Waals surface area contributed by atoms with E-state index in [1.54, 1.807) is 33.0 Å². The third kappa shape index (κ3) is 5.82. The Labute approximate surface area is 174 Å². The lowest BCUT2D eigenvalue weighted by atomic mass is 10.1. The van der Waals surface area contributed by atoms with Crippen molar-refractivity contribution in [2.45, 2.75) is 71.0 Å². The minimum absolute atomic E-state index is 0.103. The summed E-state index contributed by atoms with van der Waals surface area (Å²) in [6, 6.07) is 0. The fraction of sp³-hybridized carbons (Fsp3) is 0.600. The van der Waals surface area contributed by atoms with Gasteiger partial charge in [-0.1, -0.05) is 26.8 Å². The van der Waals surface area contributed by atoms with Crippen LogP contribution in [0.15, 0.2) is 24.0 Å². The highest BCUT2D eigenvalue weighted by atomic mass is 16.7. The summed E-state index contributed by atoms with van der Waals surface area (Å²) >= 11 is 0. The van der Waals surface area contributed by atoms with Crippen LogP contribution in [0.3, 0.4) is 0 Å². The molecule has 0 aromatic carbocycles. The molecule has 0 aliphatic carbocycles. The van der Waals surface area contributed by atoms with Crippen molar-refractivity contribution in [2.75, 3.05) is 6.61 Å². The molecule has 1 fully saturated rings. The Morgan fingerprint density at radius 3 is 2.20 bits per heavy atom.